The van der Waals surface area contributed by atoms with Gasteiger partial charge in [0, 0.05) is 57.9 Å². The van der Waals surface area contributed by atoms with Crippen molar-refractivity contribution >= 4 is 66.3 Å². The highest BCUT2D eigenvalue weighted by atomic mass is 28.1. The lowest BCUT2D eigenvalue weighted by Gasteiger charge is -2.00. The summed E-state index contributed by atoms with van der Waals surface area (Å²) in [6.07, 6.45) is 1.39. The number of hydrogen-bond donors (Lipinski definition) is 3. The second-order valence-electron chi connectivity index (χ2n) is 12.6. The molecule has 15 heteroatoms. The average molecular weight is 727 g/mol. The van der Waals surface area contributed by atoms with E-state index in [4.69, 9.17) is 29.9 Å². The fourth-order valence-electron chi connectivity index (χ4n) is 6.86. The topological polar surface area (TPSA) is 182 Å². The summed E-state index contributed by atoms with van der Waals surface area (Å²) in [4.78, 5) is 66.2. The Kier molecular flexibility index (Phi) is 7.45. The Bertz CT molecular complexity index is 2960. The highest BCUT2D eigenvalue weighted by Crippen LogP contribution is 2.36. The van der Waals surface area contributed by atoms with Gasteiger partial charge in [0.2, 0.25) is 0 Å². The van der Waals surface area contributed by atoms with Crippen LogP contribution in [0.3, 0.4) is 0 Å². The largest absolute Gasteiger partial charge is 0.339 e. The van der Waals surface area contributed by atoms with E-state index in [0.717, 1.165) is 48.4 Å². The molecule has 2 aliphatic rings. The van der Waals surface area contributed by atoms with Gasteiger partial charge in [-0.2, -0.15) is 0 Å². The molecule has 0 aliphatic carbocycles. The average Bonchev–Trinajstić information content (AvgIpc) is 4.02. The first-order chi connectivity index (χ1) is 25.9. The van der Waals surface area contributed by atoms with Crippen molar-refractivity contribution in [1.29, 1.82) is 0 Å². The van der Waals surface area contributed by atoms with Crippen LogP contribution in [0, 0.1) is 0 Å². The van der Waals surface area contributed by atoms with Crippen molar-refractivity contribution in [2.24, 2.45) is 14.1 Å². The van der Waals surface area contributed by atoms with Crippen LogP contribution < -0.4 is 11.2 Å². The van der Waals surface area contributed by atoms with E-state index >= 15 is 0 Å². The predicted octanol–water partition coefficient (Wildman–Crippen LogP) is 4.38. The lowest BCUT2D eigenvalue weighted by Crippen LogP contribution is -2.36. The second kappa shape index (κ2) is 12.4. The Labute approximate surface area is 308 Å². The molecule has 0 fully saturated rings. The Morgan fingerprint density at radius 2 is 0.833 bits per heavy atom. The van der Waals surface area contributed by atoms with Crippen molar-refractivity contribution < 1.29 is 0 Å². The molecule has 0 atom stereocenters. The molecular weight excluding hydrogens is 697 g/mol. The molecule has 14 nitrogen and oxygen atoms in total. The van der Waals surface area contributed by atoms with Crippen LogP contribution in [0.2, 0.25) is 0 Å². The Morgan fingerprint density at radius 3 is 1.20 bits per heavy atom. The molecule has 0 unspecified atom stereocenters. The predicted molar refractivity (Wildman–Crippen MR) is 214 cm³/mol. The smallest absolute Gasteiger partial charge is 0.332 e. The zero-order valence-electron chi connectivity index (χ0n) is 28.2. The molecule has 5 aromatic heterocycles. The van der Waals surface area contributed by atoms with E-state index < -0.39 is 0 Å². The minimum atomic E-state index is -0.371. The van der Waals surface area contributed by atoms with Gasteiger partial charge in [0.1, 0.15) is 28.1 Å². The maximum Gasteiger partial charge on any atom is 0.332 e. The summed E-state index contributed by atoms with van der Waals surface area (Å²) in [5.74, 6) is 2.39. The first-order valence-corrected chi connectivity index (χ1v) is 16.7. The number of fused-ring (bicyclic) bond motifs is 21. The molecule has 8 bridgehead atoms. The highest BCUT2D eigenvalue weighted by molar-refractivity contribution is 6.06. The lowest BCUT2D eigenvalue weighted by atomic mass is 10.1. The van der Waals surface area contributed by atoms with E-state index in [-0.39, 0.29) is 22.2 Å². The van der Waals surface area contributed by atoms with Crippen molar-refractivity contribution in [3.63, 3.8) is 0 Å². The van der Waals surface area contributed by atoms with Gasteiger partial charge >= 0.3 is 5.69 Å². The summed E-state index contributed by atoms with van der Waals surface area (Å²) < 4.78 is 2.37. The van der Waals surface area contributed by atoms with Crippen molar-refractivity contribution in [3.8, 4) is 45.6 Å². The number of nitrogens with one attached hydrogen (secondary N) is 3. The van der Waals surface area contributed by atoms with E-state index in [1.807, 2.05) is 97.1 Å². The van der Waals surface area contributed by atoms with Crippen LogP contribution in [-0.2, 0) is 14.1 Å². The maximum absolute atomic E-state index is 11.4. The molecule has 0 amide bonds. The monoisotopic (exact) mass is 726 g/mol. The molecule has 0 saturated heterocycles. The van der Waals surface area contributed by atoms with Crippen LogP contribution in [0.25, 0.3) is 101 Å². The minimum Gasteiger partial charge on any atom is -0.339 e. The van der Waals surface area contributed by atoms with Crippen LogP contribution >= 0.6 is 0 Å². The Hall–Kier alpha value is -7.39. The van der Waals surface area contributed by atoms with Crippen LogP contribution in [0.15, 0.2) is 113 Å². The van der Waals surface area contributed by atoms with Crippen molar-refractivity contribution in [2.75, 3.05) is 0 Å². The van der Waals surface area contributed by atoms with Gasteiger partial charge in [-0.25, -0.2) is 39.7 Å². The van der Waals surface area contributed by atoms with Gasteiger partial charge < -0.3 is 15.0 Å². The number of benzene rings is 4. The Morgan fingerprint density at radius 1 is 0.481 bits per heavy atom. The normalized spacial score (nSPS) is 11.5. The van der Waals surface area contributed by atoms with Crippen molar-refractivity contribution in [3.05, 3.63) is 124 Å². The van der Waals surface area contributed by atoms with Crippen LogP contribution in [0.5, 0.6) is 0 Å². The number of nitrogens with zero attached hydrogens (tertiary/aromatic N) is 9. The highest BCUT2D eigenvalue weighted by Gasteiger charge is 2.21. The summed E-state index contributed by atoms with van der Waals surface area (Å²) >= 11 is 0. The number of rotatable bonds is 0. The molecule has 2 aliphatic heterocycles. The molecule has 262 valence electrons. The summed E-state index contributed by atoms with van der Waals surface area (Å²) in [5.41, 5.74) is 6.46. The van der Waals surface area contributed by atoms with Gasteiger partial charge in [0.25, 0.3) is 5.56 Å². The molecule has 3 N–H and O–H groups in total. The molecular formula is C39H30N12O2Si. The molecule has 7 heterocycles. The zero-order chi connectivity index (χ0) is 35.8. The van der Waals surface area contributed by atoms with E-state index in [2.05, 4.69) is 19.9 Å². The minimum absolute atomic E-state index is 0. The third-order valence-corrected chi connectivity index (χ3v) is 9.49. The summed E-state index contributed by atoms with van der Waals surface area (Å²) in [7, 11) is 3.01. The Balaban J connectivity index is 0.000000234. The van der Waals surface area contributed by atoms with Crippen LogP contribution in [-0.4, -0.2) is 69.9 Å². The van der Waals surface area contributed by atoms with Gasteiger partial charge in [-0.3, -0.25) is 13.9 Å². The van der Waals surface area contributed by atoms with E-state index in [0.29, 0.717) is 57.1 Å². The summed E-state index contributed by atoms with van der Waals surface area (Å²) in [5, 5.41) is 3.82. The molecule has 0 radical (unpaired) electrons. The SMILES string of the molecule is Cn1c(=O)c2[nH]cnc2n(C)c1=O.[SiH4].c1ccc2c(c1)-c1nc-2nc2[nH]c(nc3nc(nc4[nH]c(n1)c1ccccc41)-c1ccccc1-3)c1ccccc21. The first-order valence-electron chi connectivity index (χ1n) is 16.7. The molecule has 0 saturated carbocycles. The van der Waals surface area contributed by atoms with E-state index in [9.17, 15) is 9.59 Å². The number of H-pyrrole nitrogens is 3. The molecule has 54 heavy (non-hydrogen) atoms. The lowest BCUT2D eigenvalue weighted by molar-refractivity contribution is 0.709. The summed E-state index contributed by atoms with van der Waals surface area (Å²) in [6.45, 7) is 0. The van der Waals surface area contributed by atoms with Gasteiger partial charge in [0.15, 0.2) is 28.9 Å². The van der Waals surface area contributed by atoms with Crippen molar-refractivity contribution in [2.45, 2.75) is 0 Å². The van der Waals surface area contributed by atoms with Gasteiger partial charge in [0.05, 0.1) is 6.33 Å². The van der Waals surface area contributed by atoms with Crippen molar-refractivity contribution in [1.82, 2.24) is 59.0 Å². The third-order valence-electron chi connectivity index (χ3n) is 9.49. The molecule has 0 spiro atoms. The molecule has 9 aromatic rings. The van der Waals surface area contributed by atoms with Crippen LogP contribution in [0.1, 0.15) is 0 Å². The number of hydrogen-bond acceptors (Lipinski definition) is 9. The molecule has 4 aromatic carbocycles. The maximum atomic E-state index is 11.4. The van der Waals surface area contributed by atoms with Gasteiger partial charge in [-0.05, 0) is 11.0 Å². The number of aromatic amines is 3. The van der Waals surface area contributed by atoms with E-state index in [1.165, 1.54) is 17.9 Å². The molecule has 11 rings (SSSR count). The quantitative estimate of drug-likeness (QED) is 0.191. The van der Waals surface area contributed by atoms with Gasteiger partial charge in [-0.1, -0.05) is 97.1 Å². The standard InChI is InChI=1S/C32H18N8.C7H8N4O2.H4Si/c1-2-10-18-17(9-1)25-33-26(18)38-28-21-13-5-6-14-22(21)30(35-28)40-32-24-16-8-7-15-23(24)31(36-32)39-29-20-12-4-3-11-19(20)27(34-29)37-25;1-10-5-4(8-3-9-5)6(12)11(2)7(10)13;/h1-16H,(H2,33,34,35,36,37,38,39,40);3H,1-2H3,(H,8,9);1H4. The van der Waals surface area contributed by atoms with E-state index in [1.54, 1.807) is 7.05 Å². The van der Waals surface area contributed by atoms with Gasteiger partial charge in [-0.15, -0.1) is 0 Å². The number of imidazole rings is 1. The number of aryl methyl sites for hydroxylation is 1. The third kappa shape index (κ3) is 4.97. The first kappa shape index (κ1) is 32.5. The fourth-order valence-corrected chi connectivity index (χ4v) is 6.86. The van der Waals surface area contributed by atoms with Crippen LogP contribution in [0.4, 0.5) is 0 Å². The second-order valence-corrected chi connectivity index (χ2v) is 12.6. The fraction of sp³-hybridized carbons (Fsp3) is 0.0513. The zero-order valence-corrected chi connectivity index (χ0v) is 28.2. The summed E-state index contributed by atoms with van der Waals surface area (Å²) in [6, 6.07) is 32.2. The number of aromatic nitrogens is 12.